The van der Waals surface area contributed by atoms with Gasteiger partial charge in [-0.2, -0.15) is 0 Å². The van der Waals surface area contributed by atoms with E-state index in [2.05, 4.69) is 0 Å². The van der Waals surface area contributed by atoms with Crippen LogP contribution in [0.1, 0.15) is 42.6 Å². The third-order valence-corrected chi connectivity index (χ3v) is 3.27. The van der Waals surface area contributed by atoms with Crippen LogP contribution in [-0.2, 0) is 9.47 Å². The van der Waals surface area contributed by atoms with E-state index < -0.39 is 6.29 Å². The molecule has 3 heteroatoms. The minimum absolute atomic E-state index is 0.138. The van der Waals surface area contributed by atoms with E-state index in [1.54, 1.807) is 14.2 Å². The number of rotatable bonds is 4. The van der Waals surface area contributed by atoms with Crippen molar-refractivity contribution in [1.82, 2.24) is 0 Å². The van der Waals surface area contributed by atoms with Gasteiger partial charge in [0.2, 0.25) is 0 Å². The van der Waals surface area contributed by atoms with Gasteiger partial charge in [-0.05, 0) is 30.4 Å². The summed E-state index contributed by atoms with van der Waals surface area (Å²) in [5.41, 5.74) is 1.56. The van der Waals surface area contributed by atoms with Gasteiger partial charge in [-0.15, -0.1) is 0 Å². The number of benzene rings is 1. The van der Waals surface area contributed by atoms with Crippen molar-refractivity contribution in [2.24, 2.45) is 0 Å². The zero-order chi connectivity index (χ0) is 11.5. The molecule has 0 spiro atoms. The first-order valence-electron chi connectivity index (χ1n) is 5.61. The lowest BCUT2D eigenvalue weighted by molar-refractivity contribution is -0.106. The zero-order valence-corrected chi connectivity index (χ0v) is 9.70. The van der Waals surface area contributed by atoms with Crippen LogP contribution >= 0.6 is 0 Å². The zero-order valence-electron chi connectivity index (χ0n) is 9.70. The van der Waals surface area contributed by atoms with Crippen LogP contribution in [0.3, 0.4) is 0 Å². The molecule has 1 saturated carbocycles. The van der Waals surface area contributed by atoms with Crippen LogP contribution in [0.4, 0.5) is 4.39 Å². The molecule has 16 heavy (non-hydrogen) atoms. The molecule has 2 rings (SSSR count). The average Bonchev–Trinajstić information content (AvgIpc) is 2.21. The van der Waals surface area contributed by atoms with Crippen molar-refractivity contribution < 1.29 is 13.9 Å². The maximum absolute atomic E-state index is 13.8. The first kappa shape index (κ1) is 11.6. The van der Waals surface area contributed by atoms with Crippen molar-refractivity contribution in [3.8, 4) is 0 Å². The monoisotopic (exact) mass is 224 g/mol. The van der Waals surface area contributed by atoms with Gasteiger partial charge in [0.15, 0.2) is 6.29 Å². The molecule has 0 aromatic heterocycles. The van der Waals surface area contributed by atoms with Crippen LogP contribution in [0.2, 0.25) is 0 Å². The molecule has 0 aliphatic heterocycles. The molecule has 0 amide bonds. The van der Waals surface area contributed by atoms with Gasteiger partial charge in [-0.25, -0.2) is 4.39 Å². The lowest BCUT2D eigenvalue weighted by Crippen LogP contribution is -2.12. The smallest absolute Gasteiger partial charge is 0.183 e. The highest BCUT2D eigenvalue weighted by molar-refractivity contribution is 5.29. The summed E-state index contributed by atoms with van der Waals surface area (Å²) in [6.07, 6.45) is 2.94. The molecule has 1 aromatic carbocycles. The number of hydrogen-bond donors (Lipinski definition) is 0. The minimum atomic E-state index is -0.482. The van der Waals surface area contributed by atoms with E-state index in [-0.39, 0.29) is 5.82 Å². The van der Waals surface area contributed by atoms with Crippen molar-refractivity contribution in [2.45, 2.75) is 31.5 Å². The van der Waals surface area contributed by atoms with Crippen LogP contribution < -0.4 is 0 Å². The molecule has 1 aliphatic carbocycles. The Morgan fingerprint density at radius 3 is 2.38 bits per heavy atom. The molecule has 1 fully saturated rings. The second-order valence-corrected chi connectivity index (χ2v) is 4.21. The van der Waals surface area contributed by atoms with E-state index >= 15 is 0 Å². The average molecular weight is 224 g/mol. The van der Waals surface area contributed by atoms with Crippen molar-refractivity contribution in [3.05, 3.63) is 35.1 Å². The molecule has 0 radical (unpaired) electrons. The Balaban J connectivity index is 2.21. The largest absolute Gasteiger partial charge is 0.352 e. The van der Waals surface area contributed by atoms with Crippen molar-refractivity contribution in [1.29, 1.82) is 0 Å². The Hall–Kier alpha value is -0.930. The molecule has 0 heterocycles. The predicted octanol–water partition coefficient (Wildman–Crippen LogP) is 3.38. The predicted molar refractivity (Wildman–Crippen MR) is 59.8 cm³/mol. The summed E-state index contributed by atoms with van der Waals surface area (Å²) in [5, 5.41) is 0. The van der Waals surface area contributed by atoms with Crippen molar-refractivity contribution in [3.63, 3.8) is 0 Å². The van der Waals surface area contributed by atoms with Crippen molar-refractivity contribution in [2.75, 3.05) is 14.2 Å². The van der Waals surface area contributed by atoms with E-state index in [1.165, 1.54) is 12.5 Å². The highest BCUT2D eigenvalue weighted by Gasteiger charge is 2.23. The summed E-state index contributed by atoms with van der Waals surface area (Å²) >= 11 is 0. The van der Waals surface area contributed by atoms with E-state index in [0.29, 0.717) is 5.92 Å². The second-order valence-electron chi connectivity index (χ2n) is 4.21. The Labute approximate surface area is 95.4 Å². The second kappa shape index (κ2) is 4.93. The van der Waals surface area contributed by atoms with E-state index in [0.717, 1.165) is 24.0 Å². The van der Waals surface area contributed by atoms with Crippen LogP contribution in [0.25, 0.3) is 0 Å². The molecule has 2 nitrogen and oxygen atoms in total. The van der Waals surface area contributed by atoms with Crippen molar-refractivity contribution >= 4 is 0 Å². The van der Waals surface area contributed by atoms with Crippen LogP contribution in [0.15, 0.2) is 18.2 Å². The number of halogens is 1. The quantitative estimate of drug-likeness (QED) is 0.730. The SMILES string of the molecule is COC(OC)c1ccc(C2CCC2)c(F)c1. The maximum Gasteiger partial charge on any atom is 0.183 e. The number of methoxy groups -OCH3 is 2. The van der Waals surface area contributed by atoms with Crippen LogP contribution in [0, 0.1) is 5.82 Å². The van der Waals surface area contributed by atoms with Gasteiger partial charge >= 0.3 is 0 Å². The van der Waals surface area contributed by atoms with Gasteiger partial charge in [-0.3, -0.25) is 0 Å². The standard InChI is InChI=1S/C13H17FO2/c1-15-13(16-2)10-6-7-11(12(14)8-10)9-4-3-5-9/h6-9,13H,3-5H2,1-2H3. The molecule has 0 bridgehead atoms. The third-order valence-electron chi connectivity index (χ3n) is 3.27. The highest BCUT2D eigenvalue weighted by atomic mass is 19.1. The molecule has 0 N–H and O–H groups in total. The Morgan fingerprint density at radius 1 is 1.25 bits per heavy atom. The summed E-state index contributed by atoms with van der Waals surface area (Å²) in [4.78, 5) is 0. The van der Waals surface area contributed by atoms with Gasteiger partial charge in [0, 0.05) is 19.8 Å². The normalized spacial score (nSPS) is 16.5. The van der Waals surface area contributed by atoms with Gasteiger partial charge in [0.05, 0.1) is 0 Å². The van der Waals surface area contributed by atoms with Gasteiger partial charge in [-0.1, -0.05) is 18.6 Å². The van der Waals surface area contributed by atoms with E-state index in [9.17, 15) is 4.39 Å². The molecular weight excluding hydrogens is 207 g/mol. The Morgan fingerprint density at radius 2 is 1.94 bits per heavy atom. The Bertz CT molecular complexity index is 357. The van der Waals surface area contributed by atoms with E-state index in [4.69, 9.17) is 9.47 Å². The Kier molecular flexibility index (Phi) is 3.56. The summed E-state index contributed by atoms with van der Waals surface area (Å²) in [7, 11) is 3.10. The first-order valence-corrected chi connectivity index (χ1v) is 5.61. The van der Waals surface area contributed by atoms with E-state index in [1.807, 2.05) is 12.1 Å². The molecular formula is C13H17FO2. The molecule has 1 aliphatic rings. The molecule has 88 valence electrons. The summed E-state index contributed by atoms with van der Waals surface area (Å²) in [6.45, 7) is 0. The topological polar surface area (TPSA) is 18.5 Å². The molecule has 0 atom stereocenters. The fourth-order valence-corrected chi connectivity index (χ4v) is 2.11. The lowest BCUT2D eigenvalue weighted by Gasteiger charge is -2.26. The summed E-state index contributed by atoms with van der Waals surface area (Å²) in [6, 6.07) is 5.26. The van der Waals surface area contributed by atoms with Crippen LogP contribution in [0.5, 0.6) is 0 Å². The highest BCUT2D eigenvalue weighted by Crippen LogP contribution is 2.38. The van der Waals surface area contributed by atoms with Gasteiger partial charge in [0.1, 0.15) is 5.82 Å². The summed E-state index contributed by atoms with van der Waals surface area (Å²) in [5.74, 6) is 0.277. The molecule has 0 unspecified atom stereocenters. The fraction of sp³-hybridized carbons (Fsp3) is 0.538. The molecule has 0 saturated heterocycles. The summed E-state index contributed by atoms with van der Waals surface area (Å²) < 4.78 is 24.0. The van der Waals surface area contributed by atoms with Gasteiger partial charge in [0.25, 0.3) is 0 Å². The first-order chi connectivity index (χ1) is 7.76. The lowest BCUT2D eigenvalue weighted by atomic mass is 9.79. The third kappa shape index (κ3) is 2.11. The van der Waals surface area contributed by atoms with Crippen LogP contribution in [-0.4, -0.2) is 14.2 Å². The maximum atomic E-state index is 13.8. The number of hydrogen-bond acceptors (Lipinski definition) is 2. The number of ether oxygens (including phenoxy) is 2. The molecule has 1 aromatic rings. The fourth-order valence-electron chi connectivity index (χ4n) is 2.11. The van der Waals surface area contributed by atoms with Gasteiger partial charge < -0.3 is 9.47 Å². The minimum Gasteiger partial charge on any atom is -0.352 e.